The number of hydrogen-bond acceptors (Lipinski definition) is 3. The molecule has 2 aromatic rings. The third-order valence-electron chi connectivity index (χ3n) is 5.90. The predicted octanol–water partition coefficient (Wildman–Crippen LogP) is 4.11. The van der Waals surface area contributed by atoms with Crippen LogP contribution in [0.1, 0.15) is 48.7 Å². The molecule has 0 amide bonds. The minimum absolute atomic E-state index is 0. The van der Waals surface area contributed by atoms with E-state index in [1.54, 1.807) is 0 Å². The van der Waals surface area contributed by atoms with E-state index in [2.05, 4.69) is 74.5 Å². The van der Waals surface area contributed by atoms with Gasteiger partial charge in [0.1, 0.15) is 0 Å². The number of aliphatic imine (C=N–C) groups is 1. The van der Waals surface area contributed by atoms with E-state index in [0.717, 1.165) is 50.2 Å². The first-order valence-corrected chi connectivity index (χ1v) is 11.3. The van der Waals surface area contributed by atoms with Crippen LogP contribution in [-0.4, -0.2) is 47.3 Å². The predicted molar refractivity (Wildman–Crippen MR) is 140 cm³/mol. The summed E-state index contributed by atoms with van der Waals surface area (Å²) in [6, 6.07) is 11.0. The van der Waals surface area contributed by atoms with Crippen molar-refractivity contribution in [2.75, 3.05) is 26.7 Å². The number of benzene rings is 1. The monoisotopic (exact) mass is 538 g/mol. The maximum atomic E-state index is 4.52. The fourth-order valence-corrected chi connectivity index (χ4v) is 4.06. The van der Waals surface area contributed by atoms with Crippen molar-refractivity contribution >= 4 is 29.9 Å². The summed E-state index contributed by atoms with van der Waals surface area (Å²) in [7, 11) is 1.82. The molecule has 7 heteroatoms. The zero-order chi connectivity index (χ0) is 21.3. The molecule has 1 aromatic carbocycles. The number of nitrogens with zero attached hydrogens (tertiary/aromatic N) is 4. The highest BCUT2D eigenvalue weighted by Gasteiger charge is 2.15. The molecule has 172 valence electrons. The first-order valence-electron chi connectivity index (χ1n) is 11.3. The fraction of sp³-hybridized carbons (Fsp3) is 0.583. The molecule has 0 radical (unpaired) electrons. The minimum atomic E-state index is 0. The Hall–Kier alpha value is -1.61. The first kappa shape index (κ1) is 25.6. The van der Waals surface area contributed by atoms with Gasteiger partial charge in [-0.1, -0.05) is 31.2 Å². The number of aromatic nitrogens is 2. The number of rotatable bonds is 8. The van der Waals surface area contributed by atoms with Crippen molar-refractivity contribution < 1.29 is 0 Å². The second-order valence-corrected chi connectivity index (χ2v) is 8.63. The quantitative estimate of drug-likeness (QED) is 0.230. The lowest BCUT2D eigenvalue weighted by molar-refractivity contribution is 0.185. The van der Waals surface area contributed by atoms with Crippen molar-refractivity contribution in [1.29, 1.82) is 0 Å². The summed E-state index contributed by atoms with van der Waals surface area (Å²) in [6.45, 7) is 12.6. The molecule has 1 saturated heterocycles. The molecule has 2 heterocycles. The highest BCUT2D eigenvalue weighted by atomic mass is 127. The van der Waals surface area contributed by atoms with Gasteiger partial charge in [-0.2, -0.15) is 5.10 Å². The molecule has 1 aliphatic rings. The van der Waals surface area contributed by atoms with Crippen LogP contribution in [0.5, 0.6) is 0 Å². The zero-order valence-corrected chi connectivity index (χ0v) is 21.9. The third-order valence-corrected chi connectivity index (χ3v) is 5.90. The van der Waals surface area contributed by atoms with Crippen LogP contribution in [-0.2, 0) is 19.6 Å². The van der Waals surface area contributed by atoms with Crippen molar-refractivity contribution in [2.24, 2.45) is 10.9 Å². The lowest BCUT2D eigenvalue weighted by atomic mass is 9.98. The van der Waals surface area contributed by atoms with Gasteiger partial charge in [0.05, 0.1) is 5.69 Å². The Kier molecular flexibility index (Phi) is 10.8. The normalized spacial score (nSPS) is 15.5. The molecule has 1 fully saturated rings. The fourth-order valence-electron chi connectivity index (χ4n) is 4.06. The third kappa shape index (κ3) is 8.44. The summed E-state index contributed by atoms with van der Waals surface area (Å²) < 4.78 is 2.07. The first-order chi connectivity index (χ1) is 14.5. The van der Waals surface area contributed by atoms with Crippen LogP contribution in [0.25, 0.3) is 0 Å². The van der Waals surface area contributed by atoms with Crippen molar-refractivity contribution in [3.05, 3.63) is 52.8 Å². The van der Waals surface area contributed by atoms with Gasteiger partial charge in [0, 0.05) is 38.9 Å². The summed E-state index contributed by atoms with van der Waals surface area (Å²) in [6.07, 6.45) is 3.65. The summed E-state index contributed by atoms with van der Waals surface area (Å²) in [5.74, 6) is 1.72. The SMILES string of the molecule is CN=C(NCCCn1nc(C)cc1C)NCc1cccc(CN2CCC(C)CC2)c1.I. The molecule has 0 spiro atoms. The Morgan fingerprint density at radius 1 is 1.13 bits per heavy atom. The summed E-state index contributed by atoms with van der Waals surface area (Å²) >= 11 is 0. The number of likely N-dealkylation sites (tertiary alicyclic amines) is 1. The largest absolute Gasteiger partial charge is 0.356 e. The van der Waals surface area contributed by atoms with Gasteiger partial charge in [-0.3, -0.25) is 14.6 Å². The highest BCUT2D eigenvalue weighted by molar-refractivity contribution is 14.0. The van der Waals surface area contributed by atoms with Gasteiger partial charge in [-0.15, -0.1) is 24.0 Å². The Morgan fingerprint density at radius 3 is 2.55 bits per heavy atom. The molecule has 0 aliphatic carbocycles. The highest BCUT2D eigenvalue weighted by Crippen LogP contribution is 2.18. The molecule has 0 saturated carbocycles. The Bertz CT molecular complexity index is 823. The maximum Gasteiger partial charge on any atom is 0.191 e. The molecular formula is C24H39IN6. The molecule has 1 aromatic heterocycles. The van der Waals surface area contributed by atoms with E-state index in [1.807, 2.05) is 14.0 Å². The van der Waals surface area contributed by atoms with Crippen molar-refractivity contribution in [3.8, 4) is 0 Å². The van der Waals surface area contributed by atoms with Crippen LogP contribution >= 0.6 is 24.0 Å². The van der Waals surface area contributed by atoms with Gasteiger partial charge in [-0.25, -0.2) is 0 Å². The number of halogens is 1. The Labute approximate surface area is 204 Å². The van der Waals surface area contributed by atoms with Crippen LogP contribution in [0.15, 0.2) is 35.3 Å². The molecule has 0 atom stereocenters. The van der Waals surface area contributed by atoms with E-state index in [4.69, 9.17) is 0 Å². The zero-order valence-electron chi connectivity index (χ0n) is 19.5. The summed E-state index contributed by atoms with van der Waals surface area (Å²) in [5.41, 5.74) is 4.99. The standard InChI is InChI=1S/C24H38N6.HI/c1-19-9-13-29(14-10-19)18-23-8-5-7-22(16-23)17-27-24(25-4)26-11-6-12-30-21(3)15-20(2)28-30;/h5,7-8,15-16,19H,6,9-14,17-18H2,1-4H3,(H2,25,26,27);1H. The van der Waals surface area contributed by atoms with Crippen molar-refractivity contribution in [1.82, 2.24) is 25.3 Å². The van der Waals surface area contributed by atoms with Crippen LogP contribution in [0.2, 0.25) is 0 Å². The Morgan fingerprint density at radius 2 is 1.87 bits per heavy atom. The van der Waals surface area contributed by atoms with E-state index in [0.29, 0.717) is 0 Å². The number of aryl methyl sites for hydroxylation is 3. The molecule has 6 nitrogen and oxygen atoms in total. The lowest BCUT2D eigenvalue weighted by Gasteiger charge is -2.30. The second kappa shape index (κ2) is 13.1. The molecule has 1 aliphatic heterocycles. The number of guanidine groups is 1. The van der Waals surface area contributed by atoms with E-state index in [-0.39, 0.29) is 24.0 Å². The second-order valence-electron chi connectivity index (χ2n) is 8.63. The van der Waals surface area contributed by atoms with Crippen LogP contribution in [0.3, 0.4) is 0 Å². The van der Waals surface area contributed by atoms with Crippen molar-refractivity contribution in [3.63, 3.8) is 0 Å². The minimum Gasteiger partial charge on any atom is -0.356 e. The van der Waals surface area contributed by atoms with Crippen LogP contribution in [0, 0.1) is 19.8 Å². The van der Waals surface area contributed by atoms with Crippen LogP contribution < -0.4 is 10.6 Å². The summed E-state index contributed by atoms with van der Waals surface area (Å²) in [4.78, 5) is 6.94. The number of piperidine rings is 1. The molecule has 2 N–H and O–H groups in total. The topological polar surface area (TPSA) is 57.5 Å². The number of nitrogens with one attached hydrogen (secondary N) is 2. The summed E-state index contributed by atoms with van der Waals surface area (Å²) in [5, 5.41) is 11.4. The van der Waals surface area contributed by atoms with E-state index in [1.165, 1.54) is 42.8 Å². The molecular weight excluding hydrogens is 499 g/mol. The van der Waals surface area contributed by atoms with Gasteiger partial charge in [-0.05, 0) is 69.3 Å². The van der Waals surface area contributed by atoms with E-state index >= 15 is 0 Å². The smallest absolute Gasteiger partial charge is 0.191 e. The van der Waals surface area contributed by atoms with E-state index < -0.39 is 0 Å². The maximum absolute atomic E-state index is 4.52. The average Bonchev–Trinajstić information content (AvgIpc) is 3.06. The van der Waals surface area contributed by atoms with E-state index in [9.17, 15) is 0 Å². The lowest BCUT2D eigenvalue weighted by Crippen LogP contribution is -2.37. The van der Waals surface area contributed by atoms with Gasteiger partial charge in [0.25, 0.3) is 0 Å². The van der Waals surface area contributed by atoms with Crippen LogP contribution in [0.4, 0.5) is 0 Å². The van der Waals surface area contributed by atoms with Crippen molar-refractivity contribution in [2.45, 2.75) is 59.7 Å². The number of hydrogen-bond donors (Lipinski definition) is 2. The Balaban J connectivity index is 0.00000341. The molecule has 3 rings (SSSR count). The molecule has 0 bridgehead atoms. The van der Waals surface area contributed by atoms with Gasteiger partial charge in [0.2, 0.25) is 0 Å². The molecule has 31 heavy (non-hydrogen) atoms. The van der Waals surface area contributed by atoms with Gasteiger partial charge < -0.3 is 10.6 Å². The molecule has 0 unspecified atom stereocenters. The average molecular weight is 539 g/mol. The van der Waals surface area contributed by atoms with Gasteiger partial charge in [0.15, 0.2) is 5.96 Å². The van der Waals surface area contributed by atoms with Gasteiger partial charge >= 0.3 is 0 Å².